The molecule has 0 spiro atoms. The van der Waals surface area contributed by atoms with Crippen LogP contribution >= 0.6 is 8.60 Å². The minimum atomic E-state index is -1.73. The van der Waals surface area contributed by atoms with Crippen molar-refractivity contribution in [3.63, 3.8) is 0 Å². The molecule has 0 bridgehead atoms. The van der Waals surface area contributed by atoms with Gasteiger partial charge in [0.15, 0.2) is 0 Å². The molecule has 0 saturated carbocycles. The molecule has 0 saturated heterocycles. The molecule has 0 aliphatic rings. The molecule has 0 aromatic carbocycles. The Labute approximate surface area is 116 Å². The lowest BCUT2D eigenvalue weighted by molar-refractivity contribution is 0.158. The van der Waals surface area contributed by atoms with E-state index in [9.17, 15) is 4.89 Å². The predicted molar refractivity (Wildman–Crippen MR) is 86.2 cm³/mol. The van der Waals surface area contributed by atoms with E-state index >= 15 is 0 Å². The van der Waals surface area contributed by atoms with E-state index < -0.39 is 24.8 Å². The van der Waals surface area contributed by atoms with Crippen LogP contribution in [0.4, 0.5) is 0 Å². The van der Waals surface area contributed by atoms with Gasteiger partial charge >= 0.3 is 8.60 Å². The molecule has 18 heavy (non-hydrogen) atoms. The van der Waals surface area contributed by atoms with E-state index in [2.05, 4.69) is 53.1 Å². The molecule has 0 aromatic rings. The van der Waals surface area contributed by atoms with Crippen molar-refractivity contribution in [1.82, 2.24) is 0 Å². The number of hydrogen-bond donors (Lipinski definition) is 1. The van der Waals surface area contributed by atoms with E-state index in [4.69, 9.17) is 9.05 Å². The average molecular weight is 311 g/mol. The van der Waals surface area contributed by atoms with Crippen LogP contribution in [0.3, 0.4) is 0 Å². The first-order valence-electron chi connectivity index (χ1n) is 6.84. The first-order chi connectivity index (χ1) is 8.02. The van der Waals surface area contributed by atoms with E-state index in [1.165, 1.54) is 0 Å². The Morgan fingerprint density at radius 2 is 1.11 bits per heavy atom. The Morgan fingerprint density at radius 3 is 1.28 bits per heavy atom. The molecule has 2 atom stereocenters. The predicted octanol–water partition coefficient (Wildman–Crippen LogP) is 4.55. The zero-order chi connectivity index (χ0) is 14.6. The second kappa shape index (κ2) is 7.51. The van der Waals surface area contributed by atoms with Gasteiger partial charge < -0.3 is 13.9 Å². The first kappa shape index (κ1) is 18.7. The molecule has 0 aliphatic heterocycles. The Hall–Kier alpha value is 0.744. The van der Waals surface area contributed by atoms with Crippen LogP contribution < -0.4 is 0 Å². The Balaban J connectivity index is 4.45. The van der Waals surface area contributed by atoms with Gasteiger partial charge in [0.2, 0.25) is 0 Å². The quantitative estimate of drug-likeness (QED) is 0.528. The minimum Gasteiger partial charge on any atom is -0.328 e. The lowest BCUT2D eigenvalue weighted by atomic mass is 10.5. The van der Waals surface area contributed by atoms with Gasteiger partial charge in [-0.1, -0.05) is 53.1 Å². The van der Waals surface area contributed by atoms with Gasteiger partial charge in [0.1, 0.15) is 0 Å². The third kappa shape index (κ3) is 6.78. The Kier molecular flexibility index (Phi) is 7.82. The maximum absolute atomic E-state index is 10.0. The van der Waals surface area contributed by atoms with Crippen molar-refractivity contribution in [3.8, 4) is 0 Å². The topological polar surface area (TPSA) is 38.7 Å². The molecule has 0 rings (SSSR count). The second-order valence-corrected chi connectivity index (χ2v) is 18.6. The SMILES string of the molecule is CCC(OP(O)OC(CC)[Si](C)(C)C)[Si](C)(C)C. The van der Waals surface area contributed by atoms with Crippen molar-refractivity contribution >= 4 is 24.8 Å². The molecule has 0 fully saturated rings. The summed E-state index contributed by atoms with van der Waals surface area (Å²) in [7, 11) is -4.51. The third-order valence-corrected chi connectivity index (χ3v) is 9.29. The summed E-state index contributed by atoms with van der Waals surface area (Å²) in [5.41, 5.74) is 0.348. The summed E-state index contributed by atoms with van der Waals surface area (Å²) in [6.45, 7) is 17.8. The maximum atomic E-state index is 10.0. The summed E-state index contributed by atoms with van der Waals surface area (Å²) >= 11 is 0. The maximum Gasteiger partial charge on any atom is 0.329 e. The van der Waals surface area contributed by atoms with E-state index in [1.54, 1.807) is 0 Å². The fourth-order valence-corrected chi connectivity index (χ4v) is 8.24. The van der Waals surface area contributed by atoms with Gasteiger partial charge in [0.25, 0.3) is 0 Å². The largest absolute Gasteiger partial charge is 0.329 e. The van der Waals surface area contributed by atoms with E-state index in [0.717, 1.165) is 12.8 Å². The molecule has 0 heterocycles. The van der Waals surface area contributed by atoms with Gasteiger partial charge in [-0.2, -0.15) is 0 Å². The number of hydrogen-bond acceptors (Lipinski definition) is 3. The molecular formula is C12H31O3PSi2. The highest BCUT2D eigenvalue weighted by atomic mass is 31.2. The van der Waals surface area contributed by atoms with Crippen molar-refractivity contribution in [1.29, 1.82) is 0 Å². The van der Waals surface area contributed by atoms with Crippen molar-refractivity contribution in [2.24, 2.45) is 0 Å². The summed E-state index contributed by atoms with van der Waals surface area (Å²) in [4.78, 5) is 10.0. The first-order valence-corrected chi connectivity index (χ1v) is 15.1. The van der Waals surface area contributed by atoms with Gasteiger partial charge in [0, 0.05) is 0 Å². The molecule has 0 radical (unpaired) electrons. The normalized spacial score (nSPS) is 18.5. The standard InChI is InChI=1S/C12H31O3PSi2/c1-9-11(17(3,4)5)14-16(13)15-12(10-2)18(6,7)8/h11-13H,9-10H2,1-8H3. The summed E-state index contributed by atoms with van der Waals surface area (Å²) in [6, 6.07) is 0. The van der Waals surface area contributed by atoms with Crippen LogP contribution in [0, 0.1) is 0 Å². The molecule has 2 unspecified atom stereocenters. The molecule has 1 N–H and O–H groups in total. The molecule has 0 aliphatic carbocycles. The third-order valence-electron chi connectivity index (χ3n) is 3.11. The van der Waals surface area contributed by atoms with Crippen molar-refractivity contribution in [2.75, 3.05) is 0 Å². The summed E-state index contributed by atoms with van der Waals surface area (Å²) in [6.07, 6.45) is 1.89. The molecule has 0 aromatic heterocycles. The van der Waals surface area contributed by atoms with Crippen molar-refractivity contribution in [2.45, 2.75) is 77.4 Å². The van der Waals surface area contributed by atoms with Gasteiger partial charge in [-0.3, -0.25) is 0 Å². The Bertz CT molecular complexity index is 214. The van der Waals surface area contributed by atoms with E-state index in [0.29, 0.717) is 0 Å². The van der Waals surface area contributed by atoms with Crippen LogP contribution in [0.5, 0.6) is 0 Å². The highest BCUT2D eigenvalue weighted by molar-refractivity contribution is 7.40. The lowest BCUT2D eigenvalue weighted by Gasteiger charge is -2.33. The van der Waals surface area contributed by atoms with Gasteiger partial charge in [0.05, 0.1) is 27.6 Å². The smallest absolute Gasteiger partial charge is 0.328 e. The van der Waals surface area contributed by atoms with Gasteiger partial charge in [-0.25, -0.2) is 0 Å². The van der Waals surface area contributed by atoms with Crippen LogP contribution in [0.25, 0.3) is 0 Å². The number of rotatable bonds is 8. The average Bonchev–Trinajstić information content (AvgIpc) is 2.19. The zero-order valence-electron chi connectivity index (χ0n) is 13.3. The van der Waals surface area contributed by atoms with Gasteiger partial charge in [-0.05, 0) is 12.8 Å². The van der Waals surface area contributed by atoms with Crippen molar-refractivity contribution in [3.05, 3.63) is 0 Å². The molecule has 6 heteroatoms. The fraction of sp³-hybridized carbons (Fsp3) is 1.00. The van der Waals surface area contributed by atoms with Crippen LogP contribution in [-0.4, -0.2) is 32.5 Å². The monoisotopic (exact) mass is 310 g/mol. The van der Waals surface area contributed by atoms with Crippen LogP contribution in [0.15, 0.2) is 0 Å². The van der Waals surface area contributed by atoms with E-state index in [1.807, 2.05) is 0 Å². The van der Waals surface area contributed by atoms with Crippen molar-refractivity contribution < 1.29 is 13.9 Å². The highest BCUT2D eigenvalue weighted by Crippen LogP contribution is 2.41. The summed E-state index contributed by atoms with van der Waals surface area (Å²) in [5, 5.41) is 0. The van der Waals surface area contributed by atoms with Crippen LogP contribution in [0.2, 0.25) is 39.3 Å². The van der Waals surface area contributed by atoms with Crippen LogP contribution in [-0.2, 0) is 9.05 Å². The minimum absolute atomic E-state index is 0.174. The molecule has 0 amide bonds. The summed E-state index contributed by atoms with van der Waals surface area (Å²) in [5.74, 6) is 0. The molecular weight excluding hydrogens is 279 g/mol. The molecule has 110 valence electrons. The van der Waals surface area contributed by atoms with Gasteiger partial charge in [-0.15, -0.1) is 0 Å². The summed E-state index contributed by atoms with van der Waals surface area (Å²) < 4.78 is 11.5. The second-order valence-electron chi connectivity index (χ2n) is 6.97. The zero-order valence-corrected chi connectivity index (χ0v) is 16.2. The fourth-order valence-electron chi connectivity index (χ4n) is 1.93. The molecule has 3 nitrogen and oxygen atoms in total. The lowest BCUT2D eigenvalue weighted by Crippen LogP contribution is -2.41. The van der Waals surface area contributed by atoms with E-state index in [-0.39, 0.29) is 11.5 Å². The highest BCUT2D eigenvalue weighted by Gasteiger charge is 2.33. The van der Waals surface area contributed by atoms with Crippen LogP contribution in [0.1, 0.15) is 26.7 Å². The Morgan fingerprint density at radius 1 is 0.833 bits per heavy atom.